The summed E-state index contributed by atoms with van der Waals surface area (Å²) in [6, 6.07) is 6.56. The number of carboxylic acid groups (broad SMARTS) is 1. The quantitative estimate of drug-likeness (QED) is 0.718. The highest BCUT2D eigenvalue weighted by Gasteiger charge is 2.08. The van der Waals surface area contributed by atoms with Gasteiger partial charge in [0.05, 0.1) is 12.2 Å². The van der Waals surface area contributed by atoms with Crippen molar-refractivity contribution in [2.75, 3.05) is 40.0 Å². The molecule has 0 aliphatic carbocycles. The molecule has 1 N–H and O–H groups in total. The van der Waals surface area contributed by atoms with E-state index in [2.05, 4.69) is 18.7 Å². The zero-order chi connectivity index (χ0) is 15.7. The monoisotopic (exact) mass is 295 g/mol. The van der Waals surface area contributed by atoms with Gasteiger partial charge in [-0.1, -0.05) is 19.9 Å². The first-order valence-corrected chi connectivity index (χ1v) is 7.20. The molecular formula is C16H25NO4. The topological polar surface area (TPSA) is 59.0 Å². The van der Waals surface area contributed by atoms with Gasteiger partial charge in [0.15, 0.2) is 0 Å². The average molecular weight is 295 g/mol. The third kappa shape index (κ3) is 7.11. The molecule has 0 saturated heterocycles. The minimum atomic E-state index is -0.943. The van der Waals surface area contributed by atoms with Gasteiger partial charge < -0.3 is 14.6 Å². The van der Waals surface area contributed by atoms with Crippen LogP contribution in [-0.4, -0.2) is 55.9 Å². The van der Waals surface area contributed by atoms with Crippen molar-refractivity contribution in [3.63, 3.8) is 0 Å². The molecule has 0 fully saturated rings. The number of methoxy groups -OCH3 is 1. The van der Waals surface area contributed by atoms with E-state index in [0.29, 0.717) is 24.9 Å². The van der Waals surface area contributed by atoms with Crippen molar-refractivity contribution in [3.05, 3.63) is 29.8 Å². The molecule has 1 rings (SSSR count). The number of carboxylic acids is 1. The van der Waals surface area contributed by atoms with Crippen molar-refractivity contribution in [2.24, 2.45) is 5.92 Å². The summed E-state index contributed by atoms with van der Waals surface area (Å²) in [4.78, 5) is 13.2. The summed E-state index contributed by atoms with van der Waals surface area (Å²) in [6.07, 6.45) is 0. The summed E-state index contributed by atoms with van der Waals surface area (Å²) < 4.78 is 10.8. The van der Waals surface area contributed by atoms with Gasteiger partial charge in [-0.2, -0.15) is 0 Å². The Bertz CT molecular complexity index is 434. The fourth-order valence-electron chi connectivity index (χ4n) is 2.04. The standard InChI is InChI=1S/C16H25NO4/c1-13(2)12-17(7-9-20-3)8-10-21-15-6-4-5-14(11-15)16(18)19/h4-6,11,13H,7-10,12H2,1-3H3,(H,18,19). The van der Waals surface area contributed by atoms with E-state index in [4.69, 9.17) is 14.6 Å². The van der Waals surface area contributed by atoms with Gasteiger partial charge in [0, 0.05) is 26.7 Å². The van der Waals surface area contributed by atoms with Gasteiger partial charge >= 0.3 is 5.97 Å². The molecule has 5 nitrogen and oxygen atoms in total. The van der Waals surface area contributed by atoms with Crippen LogP contribution in [0.25, 0.3) is 0 Å². The maximum atomic E-state index is 10.9. The van der Waals surface area contributed by atoms with Crippen LogP contribution in [-0.2, 0) is 4.74 Å². The zero-order valence-corrected chi connectivity index (χ0v) is 13.0. The SMILES string of the molecule is COCCN(CCOc1cccc(C(=O)O)c1)CC(C)C. The van der Waals surface area contributed by atoms with Crippen LogP contribution < -0.4 is 4.74 Å². The summed E-state index contributed by atoms with van der Waals surface area (Å²) in [5.74, 6) is 0.227. The first kappa shape index (κ1) is 17.5. The molecule has 0 aliphatic rings. The Labute approximate surface area is 126 Å². The van der Waals surface area contributed by atoms with Gasteiger partial charge in [-0.3, -0.25) is 4.90 Å². The van der Waals surface area contributed by atoms with E-state index in [0.717, 1.165) is 19.6 Å². The predicted octanol–water partition coefficient (Wildman–Crippen LogP) is 2.37. The Morgan fingerprint density at radius 2 is 2.00 bits per heavy atom. The Kier molecular flexibility index (Phi) is 7.79. The smallest absolute Gasteiger partial charge is 0.335 e. The van der Waals surface area contributed by atoms with Gasteiger partial charge in [0.1, 0.15) is 12.4 Å². The van der Waals surface area contributed by atoms with Crippen molar-refractivity contribution in [1.29, 1.82) is 0 Å². The Morgan fingerprint density at radius 3 is 2.62 bits per heavy atom. The number of hydrogen-bond acceptors (Lipinski definition) is 4. The second-order valence-corrected chi connectivity index (χ2v) is 5.37. The summed E-state index contributed by atoms with van der Waals surface area (Å²) in [5.41, 5.74) is 0.242. The van der Waals surface area contributed by atoms with E-state index in [-0.39, 0.29) is 5.56 Å². The third-order valence-corrected chi connectivity index (χ3v) is 2.99. The van der Waals surface area contributed by atoms with E-state index in [1.54, 1.807) is 31.4 Å². The second kappa shape index (κ2) is 9.37. The highest BCUT2D eigenvalue weighted by atomic mass is 16.5. The van der Waals surface area contributed by atoms with Gasteiger partial charge in [-0.15, -0.1) is 0 Å². The normalized spacial score (nSPS) is 11.1. The number of carbonyl (C=O) groups is 1. The number of benzene rings is 1. The summed E-state index contributed by atoms with van der Waals surface area (Å²) >= 11 is 0. The lowest BCUT2D eigenvalue weighted by molar-refractivity contribution is 0.0696. The predicted molar refractivity (Wildman–Crippen MR) is 82.1 cm³/mol. The van der Waals surface area contributed by atoms with Crippen LogP contribution in [0.4, 0.5) is 0 Å². The molecule has 0 aliphatic heterocycles. The van der Waals surface area contributed by atoms with Crippen LogP contribution in [0.3, 0.4) is 0 Å². The van der Waals surface area contributed by atoms with Crippen LogP contribution in [0, 0.1) is 5.92 Å². The molecule has 0 aromatic heterocycles. The number of aromatic carboxylic acids is 1. The fraction of sp³-hybridized carbons (Fsp3) is 0.562. The highest BCUT2D eigenvalue weighted by Crippen LogP contribution is 2.13. The summed E-state index contributed by atoms with van der Waals surface area (Å²) in [6.45, 7) is 8.22. The molecule has 1 aromatic rings. The van der Waals surface area contributed by atoms with Crippen molar-refractivity contribution >= 4 is 5.97 Å². The first-order chi connectivity index (χ1) is 10.0. The minimum Gasteiger partial charge on any atom is -0.492 e. The number of nitrogens with zero attached hydrogens (tertiary/aromatic N) is 1. The molecule has 0 atom stereocenters. The van der Waals surface area contributed by atoms with E-state index in [9.17, 15) is 4.79 Å². The van der Waals surface area contributed by atoms with Gasteiger partial charge in [0.25, 0.3) is 0 Å². The molecule has 0 heterocycles. The molecule has 0 saturated carbocycles. The number of ether oxygens (including phenoxy) is 2. The molecule has 118 valence electrons. The Morgan fingerprint density at radius 1 is 1.29 bits per heavy atom. The lowest BCUT2D eigenvalue weighted by Gasteiger charge is -2.23. The summed E-state index contributed by atoms with van der Waals surface area (Å²) in [5, 5.41) is 8.94. The van der Waals surface area contributed by atoms with Crippen LogP contribution >= 0.6 is 0 Å². The van der Waals surface area contributed by atoms with E-state index < -0.39 is 5.97 Å². The number of rotatable bonds is 10. The second-order valence-electron chi connectivity index (χ2n) is 5.37. The molecule has 0 bridgehead atoms. The van der Waals surface area contributed by atoms with Crippen molar-refractivity contribution in [3.8, 4) is 5.75 Å². The molecule has 0 unspecified atom stereocenters. The van der Waals surface area contributed by atoms with Gasteiger partial charge in [-0.25, -0.2) is 4.79 Å². The average Bonchev–Trinajstić information content (AvgIpc) is 2.44. The van der Waals surface area contributed by atoms with E-state index in [1.807, 2.05) is 0 Å². The minimum absolute atomic E-state index is 0.242. The van der Waals surface area contributed by atoms with Gasteiger partial charge in [-0.05, 0) is 24.1 Å². The van der Waals surface area contributed by atoms with Crippen LogP contribution in [0.1, 0.15) is 24.2 Å². The van der Waals surface area contributed by atoms with E-state index >= 15 is 0 Å². The molecule has 0 spiro atoms. The van der Waals surface area contributed by atoms with Crippen LogP contribution in [0.2, 0.25) is 0 Å². The molecular weight excluding hydrogens is 270 g/mol. The zero-order valence-electron chi connectivity index (χ0n) is 13.0. The molecule has 21 heavy (non-hydrogen) atoms. The van der Waals surface area contributed by atoms with E-state index in [1.165, 1.54) is 0 Å². The third-order valence-electron chi connectivity index (χ3n) is 2.99. The first-order valence-electron chi connectivity index (χ1n) is 7.20. The maximum Gasteiger partial charge on any atom is 0.335 e. The summed E-state index contributed by atoms with van der Waals surface area (Å²) in [7, 11) is 1.70. The molecule has 5 heteroatoms. The van der Waals surface area contributed by atoms with Crippen molar-refractivity contribution in [1.82, 2.24) is 4.90 Å². The van der Waals surface area contributed by atoms with Crippen LogP contribution in [0.5, 0.6) is 5.75 Å². The largest absolute Gasteiger partial charge is 0.492 e. The lowest BCUT2D eigenvalue weighted by Crippen LogP contribution is -2.34. The molecule has 0 amide bonds. The lowest BCUT2D eigenvalue weighted by atomic mass is 10.2. The molecule has 0 radical (unpaired) electrons. The van der Waals surface area contributed by atoms with Crippen molar-refractivity contribution in [2.45, 2.75) is 13.8 Å². The number of hydrogen-bond donors (Lipinski definition) is 1. The fourth-order valence-corrected chi connectivity index (χ4v) is 2.04. The van der Waals surface area contributed by atoms with Crippen molar-refractivity contribution < 1.29 is 19.4 Å². The Hall–Kier alpha value is -1.59. The van der Waals surface area contributed by atoms with Gasteiger partial charge in [0.2, 0.25) is 0 Å². The highest BCUT2D eigenvalue weighted by molar-refractivity contribution is 5.87. The maximum absolute atomic E-state index is 10.9. The van der Waals surface area contributed by atoms with Crippen LogP contribution in [0.15, 0.2) is 24.3 Å². The molecule has 1 aromatic carbocycles. The Balaban J connectivity index is 2.45.